The van der Waals surface area contributed by atoms with Gasteiger partial charge in [-0.05, 0) is 94.0 Å². The monoisotopic (exact) mass is 385 g/mol. The molecule has 2 aliphatic rings. The number of hydrogen-bond acceptors (Lipinski definition) is 1. The lowest BCUT2D eigenvalue weighted by Crippen LogP contribution is -2.23. The predicted octanol–water partition coefficient (Wildman–Crippen LogP) is 8.45. The van der Waals surface area contributed by atoms with Crippen LogP contribution < -0.4 is 0 Å². The van der Waals surface area contributed by atoms with Crippen LogP contribution in [0.3, 0.4) is 0 Å². The van der Waals surface area contributed by atoms with E-state index in [0.29, 0.717) is 0 Å². The molecule has 0 aliphatic heterocycles. The number of rotatable bonds is 10. The molecule has 28 heavy (non-hydrogen) atoms. The summed E-state index contributed by atoms with van der Waals surface area (Å²) in [4.78, 5) is 0. The molecule has 2 aliphatic carbocycles. The van der Waals surface area contributed by atoms with Crippen molar-refractivity contribution < 1.29 is 4.39 Å². The molecule has 0 heterocycles. The highest BCUT2D eigenvalue weighted by Gasteiger charge is 2.29. The number of unbranched alkanes of at least 4 members (excludes halogenated alkanes) is 2. The Hall–Kier alpha value is -1.36. The molecular formula is C26H40FN. The van der Waals surface area contributed by atoms with Crippen molar-refractivity contribution in [3.63, 3.8) is 0 Å². The smallest absolute Gasteiger partial charge is 0.195 e. The summed E-state index contributed by atoms with van der Waals surface area (Å²) in [6, 6.07) is 1.50. The lowest BCUT2D eigenvalue weighted by Gasteiger charge is -2.36. The zero-order chi connectivity index (χ0) is 20.2. The van der Waals surface area contributed by atoms with Gasteiger partial charge in [-0.3, -0.25) is 0 Å². The Morgan fingerprint density at radius 1 is 0.964 bits per heavy atom. The number of halogens is 1. The normalized spacial score (nSPS) is 29.0. The molecule has 0 amide bonds. The van der Waals surface area contributed by atoms with Crippen molar-refractivity contribution in [2.45, 2.75) is 96.8 Å². The van der Waals surface area contributed by atoms with Gasteiger partial charge in [0.1, 0.15) is 6.07 Å². The standard InChI is InChI=1S/C26H40FN/c1-3-4-6-9-22-12-16-24(17-13-22)21(2)25-18-14-23(15-19-25)10-7-5-8-11-26(27)20-28/h5,8,11,22-25H,2-4,6-7,9-10,12-19H2,1H3/b8-5+,26-11-. The first-order valence-electron chi connectivity index (χ1n) is 11.7. The van der Waals surface area contributed by atoms with Crippen LogP contribution in [0, 0.1) is 35.0 Å². The zero-order valence-corrected chi connectivity index (χ0v) is 18.0. The van der Waals surface area contributed by atoms with E-state index >= 15 is 0 Å². The Kier molecular flexibility index (Phi) is 10.6. The third kappa shape index (κ3) is 7.94. The maximum atomic E-state index is 12.7. The minimum Gasteiger partial charge on any atom is -0.195 e. The van der Waals surface area contributed by atoms with E-state index in [2.05, 4.69) is 13.5 Å². The van der Waals surface area contributed by atoms with E-state index in [1.165, 1.54) is 95.6 Å². The summed E-state index contributed by atoms with van der Waals surface area (Å²) in [7, 11) is 0. The fraction of sp³-hybridized carbons (Fsp3) is 0.731. The predicted molar refractivity (Wildman–Crippen MR) is 117 cm³/mol. The fourth-order valence-corrected chi connectivity index (χ4v) is 5.28. The van der Waals surface area contributed by atoms with E-state index in [4.69, 9.17) is 5.26 Å². The second-order valence-electron chi connectivity index (χ2n) is 9.14. The summed E-state index contributed by atoms with van der Waals surface area (Å²) in [6.07, 6.45) is 23.5. The van der Waals surface area contributed by atoms with Gasteiger partial charge in [-0.25, -0.2) is 0 Å². The quantitative estimate of drug-likeness (QED) is 0.160. The summed E-state index contributed by atoms with van der Waals surface area (Å²) in [5, 5.41) is 8.38. The van der Waals surface area contributed by atoms with Gasteiger partial charge in [-0.2, -0.15) is 9.65 Å². The van der Waals surface area contributed by atoms with E-state index in [9.17, 15) is 4.39 Å². The van der Waals surface area contributed by atoms with Crippen LogP contribution in [-0.2, 0) is 0 Å². The summed E-state index contributed by atoms with van der Waals surface area (Å²) in [5.41, 5.74) is 1.57. The van der Waals surface area contributed by atoms with Gasteiger partial charge in [0.15, 0.2) is 5.83 Å². The van der Waals surface area contributed by atoms with Gasteiger partial charge >= 0.3 is 0 Å². The van der Waals surface area contributed by atoms with Crippen LogP contribution >= 0.6 is 0 Å². The Morgan fingerprint density at radius 2 is 1.54 bits per heavy atom. The lowest BCUT2D eigenvalue weighted by molar-refractivity contribution is 0.239. The minimum absolute atomic E-state index is 0.717. The van der Waals surface area contributed by atoms with Crippen molar-refractivity contribution in [1.82, 2.24) is 0 Å². The highest BCUT2D eigenvalue weighted by atomic mass is 19.1. The van der Waals surface area contributed by atoms with Crippen molar-refractivity contribution in [1.29, 1.82) is 5.26 Å². The second kappa shape index (κ2) is 13.0. The summed E-state index contributed by atoms with van der Waals surface area (Å²) >= 11 is 0. The molecule has 0 spiro atoms. The van der Waals surface area contributed by atoms with Gasteiger partial charge in [0.25, 0.3) is 0 Å². The molecule has 0 atom stereocenters. The Balaban J connectivity index is 1.62. The van der Waals surface area contributed by atoms with Crippen molar-refractivity contribution >= 4 is 0 Å². The molecule has 0 aromatic rings. The molecule has 0 bridgehead atoms. The molecule has 0 unspecified atom stereocenters. The van der Waals surface area contributed by atoms with E-state index in [1.807, 2.05) is 6.08 Å². The topological polar surface area (TPSA) is 23.8 Å². The summed E-state index contributed by atoms with van der Waals surface area (Å²) in [6.45, 7) is 6.85. The molecule has 0 radical (unpaired) electrons. The Morgan fingerprint density at radius 3 is 2.07 bits per heavy atom. The molecule has 2 fully saturated rings. The van der Waals surface area contributed by atoms with Crippen LogP contribution in [0.2, 0.25) is 0 Å². The average Bonchev–Trinajstić information content (AvgIpc) is 2.74. The highest BCUT2D eigenvalue weighted by molar-refractivity contribution is 5.18. The number of hydrogen-bond donors (Lipinski definition) is 0. The first-order chi connectivity index (χ1) is 13.6. The first kappa shape index (κ1) is 22.9. The van der Waals surface area contributed by atoms with Crippen LogP contribution in [0.1, 0.15) is 96.8 Å². The molecule has 2 heteroatoms. The van der Waals surface area contributed by atoms with Crippen molar-refractivity contribution in [2.24, 2.45) is 23.7 Å². The van der Waals surface area contributed by atoms with Gasteiger partial charge in [-0.15, -0.1) is 0 Å². The van der Waals surface area contributed by atoms with Crippen LogP contribution in [0.25, 0.3) is 0 Å². The molecule has 0 aromatic heterocycles. The third-order valence-electron chi connectivity index (χ3n) is 7.19. The number of nitriles is 1. The van der Waals surface area contributed by atoms with Gasteiger partial charge in [-0.1, -0.05) is 56.9 Å². The molecule has 2 rings (SSSR count). The van der Waals surface area contributed by atoms with Crippen LogP contribution in [0.15, 0.2) is 36.2 Å². The van der Waals surface area contributed by atoms with Gasteiger partial charge < -0.3 is 0 Å². The molecule has 0 aromatic carbocycles. The minimum atomic E-state index is -0.717. The fourth-order valence-electron chi connectivity index (χ4n) is 5.28. The third-order valence-corrected chi connectivity index (χ3v) is 7.19. The maximum absolute atomic E-state index is 12.7. The van der Waals surface area contributed by atoms with E-state index < -0.39 is 5.83 Å². The van der Waals surface area contributed by atoms with Gasteiger partial charge in [0, 0.05) is 0 Å². The van der Waals surface area contributed by atoms with E-state index in [0.717, 1.165) is 30.1 Å². The van der Waals surface area contributed by atoms with Gasteiger partial charge in [0.2, 0.25) is 0 Å². The summed E-state index contributed by atoms with van der Waals surface area (Å²) in [5.74, 6) is 2.60. The summed E-state index contributed by atoms with van der Waals surface area (Å²) < 4.78 is 12.7. The molecule has 2 saturated carbocycles. The van der Waals surface area contributed by atoms with Crippen LogP contribution in [0.4, 0.5) is 4.39 Å². The largest absolute Gasteiger partial charge is 0.199 e. The van der Waals surface area contributed by atoms with E-state index in [-0.39, 0.29) is 0 Å². The van der Waals surface area contributed by atoms with Crippen molar-refractivity contribution in [3.8, 4) is 6.07 Å². The van der Waals surface area contributed by atoms with E-state index in [1.54, 1.807) is 11.6 Å². The zero-order valence-electron chi connectivity index (χ0n) is 18.0. The Bertz CT molecular complexity index is 551. The average molecular weight is 386 g/mol. The maximum Gasteiger partial charge on any atom is 0.199 e. The van der Waals surface area contributed by atoms with Crippen LogP contribution in [0.5, 0.6) is 0 Å². The Labute approximate surface area is 172 Å². The van der Waals surface area contributed by atoms with Crippen molar-refractivity contribution in [2.75, 3.05) is 0 Å². The molecule has 0 N–H and O–H groups in total. The second-order valence-corrected chi connectivity index (χ2v) is 9.14. The molecule has 1 nitrogen and oxygen atoms in total. The molecular weight excluding hydrogens is 345 g/mol. The van der Waals surface area contributed by atoms with Crippen molar-refractivity contribution in [3.05, 3.63) is 36.2 Å². The molecule has 156 valence electrons. The SMILES string of the molecule is C=C(C1CCC(CC/C=C/C=C(\F)C#N)CC1)C1CCC(CCCCC)CC1. The first-order valence-corrected chi connectivity index (χ1v) is 11.7. The van der Waals surface area contributed by atoms with Gasteiger partial charge in [0.05, 0.1) is 0 Å². The van der Waals surface area contributed by atoms with Crippen LogP contribution in [-0.4, -0.2) is 0 Å². The number of allylic oxidation sites excluding steroid dienone is 5. The molecule has 0 saturated heterocycles. The highest BCUT2D eigenvalue weighted by Crippen LogP contribution is 2.42. The number of nitrogens with zero attached hydrogens (tertiary/aromatic N) is 1. The lowest BCUT2D eigenvalue weighted by atomic mass is 9.70.